The number of likely N-dealkylation sites (tertiary alicyclic amines) is 5. The SMILES string of the molecule is C.CC1(C)[C@@H]2CCCC(=O)C[C@@]2(C)CCC12OCCO2.CI.CN1C(=O)CCC[C@H]2C(C)(C)C(=O)CC[C@@]21C.CN1C(=O)CCC[C@H]2C(C)(C)C3(CC[C@@]21C)OCCO3.CN1C(=O)CCC[C@H]2C(C)(C)c3oncc3C[C@@]21C.C[O-].NCl.[2H][2H].[C-]#[N+]C1=C(O)C(C)(C)[C@@H]2CCCC(=O)N(C)[C@@]2(C)C1.[C-]#[N+]C1=C[C@@]2(C)[C@@H](CCCC(=O)N2C)C(C)(C)C1=O.[H-].[Na+].[Na+]. The van der Waals surface area contributed by atoms with Crippen molar-refractivity contribution in [2.75, 3.05) is 73.7 Å². The van der Waals surface area contributed by atoms with E-state index in [1.54, 1.807) is 18.0 Å². The number of carbonyl (C=O) groups excluding carboxylic acids is 8. The fraction of sp³-hybridized carbons (Fsp3) is 0.819. The van der Waals surface area contributed by atoms with Crippen molar-refractivity contribution < 1.29 is 136 Å². The third-order valence-electron chi connectivity index (χ3n) is 33.1. The molecule has 7 saturated heterocycles. The minimum absolute atomic E-state index is 0. The maximum atomic E-state index is 12.4. The standard InChI is InChI=1S/C16H27NO3.C16H26O3.2C15H22N2O2.C15H20N2O2.C14H23NO2.CH3I.CH3O.CH4.ClH2N.2Na.H2.H/c1-14(2)12-6-5-7-13(18)17(4)15(12,3)8-9-16(14)19-10-11-20-16;1-14(2)13-6-4-5-12(17)11-15(13,3)7-8-16(14)18-9-10-19-16;1-14(2)11-6-5-7-12(18)17(4)15(11,3)8-10-9-16-19-13(10)14;2*1-14(2)11-7-6-8-12(18)17(5)15(11,3)9-10(16-4)13(14)19;1-13(2)10-6-5-7-12(17)15(4)14(10,3)9-8-11(13)16;2*1-2;;1-2;;;;/h12H,5-11H2,1-4H3;13H,4-11H2,1-3H3;9,11H,5-8H2,1-4H3;11,19H,6-9H2,1-3,5H3;9,11H,6-8H2,1-3,5H3;10H,5-9H2,1-4H3;2*1H3;1H4;2H2;;;1H;/q;;;;;;;-1;;;2*+1;;-1/t12-,15-;13-,15+;3*11-,15-;10-,14-;;;;;;;;/m000000......../s1/i;;;;;;;;;;;;1+1D;. The summed E-state index contributed by atoms with van der Waals surface area (Å²) in [7, 11) is 10.2. The Kier molecular flexibility index (Phi) is 38.2. The van der Waals surface area contributed by atoms with Crippen molar-refractivity contribution in [1.29, 1.82) is 0 Å². The molecule has 0 unspecified atom stereocenters. The van der Waals surface area contributed by atoms with Gasteiger partial charge >= 0.3 is 59.1 Å². The van der Waals surface area contributed by atoms with E-state index in [2.05, 4.69) is 144 Å². The third kappa shape index (κ3) is 20.4. The molecule has 0 aromatic carbocycles. The molecule has 682 valence electrons. The van der Waals surface area contributed by atoms with Crippen LogP contribution in [0.15, 0.2) is 33.9 Å². The number of halogens is 2. The van der Waals surface area contributed by atoms with Crippen LogP contribution in [0.1, 0.15) is 315 Å². The van der Waals surface area contributed by atoms with Gasteiger partial charge in [-0.3, -0.25) is 33.6 Å². The van der Waals surface area contributed by atoms with Gasteiger partial charge in [-0.25, -0.2) is 14.9 Å². The summed E-state index contributed by atoms with van der Waals surface area (Å²) in [6.45, 7) is 55.7. The molecule has 24 nitrogen and oxygen atoms in total. The second-order valence-electron chi connectivity index (χ2n) is 41.0. The second-order valence-corrected chi connectivity index (χ2v) is 41.0. The number of alkyl halides is 1. The number of carbonyl (C=O) groups is 8. The number of aliphatic hydroxyl groups is 1. The van der Waals surface area contributed by atoms with E-state index in [1.807, 2.05) is 93.5 Å². The van der Waals surface area contributed by atoms with Gasteiger partial charge in [-0.2, -0.15) is 7.11 Å². The molecular weight excluding hydrogens is 1700 g/mol. The Bertz CT molecular complexity index is 4030. The van der Waals surface area contributed by atoms with Gasteiger partial charge in [-0.1, -0.05) is 125 Å². The van der Waals surface area contributed by atoms with Gasteiger partial charge in [0.2, 0.25) is 40.9 Å². The number of aliphatic hydroxyl groups excluding tert-OH is 1. The Labute approximate surface area is 800 Å². The summed E-state index contributed by atoms with van der Waals surface area (Å²) in [6, 6.07) is 0. The summed E-state index contributed by atoms with van der Waals surface area (Å²) in [5.41, 5.74) is -0.862. The molecule has 14 aliphatic rings. The number of Topliss-reactive ketones (excluding diaryl/α,β-unsaturated/α-hetero) is 3. The molecule has 1 aromatic rings. The molecule has 4 saturated carbocycles. The predicted molar refractivity (Wildman–Crippen MR) is 478 cm³/mol. The number of nitrogens with zero attached hydrogens (tertiary/aromatic N) is 8. The van der Waals surface area contributed by atoms with Crippen LogP contribution in [0.4, 0.5) is 0 Å². The first-order valence-corrected chi connectivity index (χ1v) is 46.3. The number of amides is 5. The fourth-order valence-corrected chi connectivity index (χ4v) is 25.6. The van der Waals surface area contributed by atoms with Crippen LogP contribution in [0, 0.1) is 81.1 Å². The molecule has 0 bridgehead atoms. The van der Waals surface area contributed by atoms with Crippen LogP contribution in [0.25, 0.3) is 9.69 Å². The third-order valence-corrected chi connectivity index (χ3v) is 33.1. The van der Waals surface area contributed by atoms with Crippen LogP contribution in [0.2, 0.25) is 0 Å². The Balaban J connectivity index is 0.000000497. The summed E-state index contributed by atoms with van der Waals surface area (Å²) in [5.74, 6) is 4.03. The van der Waals surface area contributed by atoms with Gasteiger partial charge in [-0.15, -0.1) is 0 Å². The molecule has 5 amide bonds. The number of hydrogen-bond donors (Lipinski definition) is 2. The zero-order valence-corrected chi connectivity index (χ0v) is 86.0. The largest absolute Gasteiger partial charge is 1.00 e. The first-order chi connectivity index (χ1) is 56.4. The summed E-state index contributed by atoms with van der Waals surface area (Å²) < 4.78 is 39.8. The van der Waals surface area contributed by atoms with Crippen molar-refractivity contribution in [1.82, 2.24) is 29.7 Å². The monoisotopic (exact) mass is 1860 g/mol. The van der Waals surface area contributed by atoms with E-state index in [0.717, 1.165) is 147 Å². The average Bonchev–Trinajstić information content (AvgIpc) is 1.68. The maximum Gasteiger partial charge on any atom is 1.00 e. The van der Waals surface area contributed by atoms with E-state index in [0.29, 0.717) is 112 Å². The van der Waals surface area contributed by atoms with E-state index in [4.69, 9.17) is 44.7 Å². The Hall–Kier alpha value is -3.39. The number of ether oxygens (including phenoxy) is 4. The molecule has 1 aromatic heterocycles. The van der Waals surface area contributed by atoms with Gasteiger partial charge in [0.15, 0.2) is 17.4 Å². The van der Waals surface area contributed by atoms with E-state index in [-0.39, 0.29) is 176 Å². The molecule has 11 fully saturated rings. The molecule has 8 heterocycles. The molecular formula is C94H155ClIN9Na2O15. The van der Waals surface area contributed by atoms with E-state index >= 15 is 0 Å². The summed E-state index contributed by atoms with van der Waals surface area (Å²) in [5, 5.41) is 26.6. The van der Waals surface area contributed by atoms with Crippen LogP contribution >= 0.6 is 34.4 Å². The molecule has 7 aliphatic carbocycles. The summed E-state index contributed by atoms with van der Waals surface area (Å²) in [6.07, 6.45) is 26.2. The first-order valence-electron chi connectivity index (χ1n) is 44.7. The zero-order chi connectivity index (χ0) is 91.8. The van der Waals surface area contributed by atoms with Crippen LogP contribution in [0.3, 0.4) is 0 Å². The quantitative estimate of drug-likeness (QED) is 0.0802. The van der Waals surface area contributed by atoms with Crippen molar-refractivity contribution >= 4 is 81.3 Å². The number of nitrogens with two attached hydrogens (primary N) is 1. The minimum Gasteiger partial charge on any atom is -1.00 e. The number of aromatic nitrogens is 1. The Morgan fingerprint density at radius 1 is 0.484 bits per heavy atom. The molecule has 7 aliphatic heterocycles. The average molecular weight is 1860 g/mol. The summed E-state index contributed by atoms with van der Waals surface area (Å²) >= 11 is 6.29. The van der Waals surface area contributed by atoms with E-state index < -0.39 is 27.9 Å². The van der Waals surface area contributed by atoms with E-state index in [1.165, 1.54) is 0 Å². The van der Waals surface area contributed by atoms with Crippen LogP contribution < -0.4 is 69.5 Å². The van der Waals surface area contributed by atoms with Crippen molar-refractivity contribution in [2.24, 2.45) is 73.3 Å². The predicted octanol–water partition coefficient (Wildman–Crippen LogP) is 11.5. The number of rotatable bonds is 0. The van der Waals surface area contributed by atoms with Crippen molar-refractivity contribution in [3.05, 3.63) is 63.6 Å². The number of ketones is 3. The molecule has 15 rings (SSSR count). The molecule has 0 radical (unpaired) electrons. The fourth-order valence-electron chi connectivity index (χ4n) is 25.6. The molecule has 122 heavy (non-hydrogen) atoms. The second kappa shape index (κ2) is 42.7. The Morgan fingerprint density at radius 3 is 1.30 bits per heavy atom. The van der Waals surface area contributed by atoms with E-state index in [9.17, 15) is 43.5 Å². The summed E-state index contributed by atoms with van der Waals surface area (Å²) in [4.78, 5) is 115. The Morgan fingerprint density at radius 2 is 0.852 bits per heavy atom. The first kappa shape index (κ1) is 109. The molecule has 3 N–H and O–H groups in total. The van der Waals surface area contributed by atoms with Crippen molar-refractivity contribution in [3.63, 3.8) is 0 Å². The van der Waals surface area contributed by atoms with Gasteiger partial charge in [0, 0.05) is 175 Å². The van der Waals surface area contributed by atoms with Gasteiger partial charge in [0.25, 0.3) is 0 Å². The topological polar surface area (TPSA) is 294 Å². The van der Waals surface area contributed by atoms with Gasteiger partial charge in [0.05, 0.1) is 51.3 Å². The van der Waals surface area contributed by atoms with Crippen LogP contribution in [-0.4, -0.2) is 195 Å². The minimum atomic E-state index is -0.595. The van der Waals surface area contributed by atoms with Gasteiger partial charge < -0.3 is 64.4 Å². The van der Waals surface area contributed by atoms with Gasteiger partial charge in [-0.05, 0) is 195 Å². The molecule has 12 atom stereocenters. The number of likely N-dealkylation sites (N-methyl/N-ethyl adjacent to an activating group) is 2. The van der Waals surface area contributed by atoms with Crippen LogP contribution in [-0.2, 0) is 69.1 Å². The molecule has 2 spiro atoms. The number of fused-ring (bicyclic) bond motifs is 7. The molecule has 28 heteroatoms. The zero-order valence-electron chi connectivity index (χ0n) is 82.1. The smallest absolute Gasteiger partial charge is 1.00 e. The maximum absolute atomic E-state index is 12.4. The van der Waals surface area contributed by atoms with Crippen LogP contribution in [0.5, 0.6) is 0 Å². The van der Waals surface area contributed by atoms with Crippen molar-refractivity contribution in [3.8, 4) is 0 Å². The van der Waals surface area contributed by atoms with Gasteiger partial charge in [0.1, 0.15) is 23.1 Å². The van der Waals surface area contributed by atoms with Crippen molar-refractivity contribution in [2.45, 2.75) is 350 Å². The normalized spacial score (nSPS) is 34.3. The number of hydrogen-bond acceptors (Lipinski definition) is 17. The number of allylic oxidation sites excluding steroid dienone is 2.